The summed E-state index contributed by atoms with van der Waals surface area (Å²) in [5.74, 6) is 0.542. The molecule has 2 N–H and O–H groups in total. The molecule has 2 atom stereocenters. The number of likely N-dealkylation sites (tertiary alicyclic amines) is 2. The van der Waals surface area contributed by atoms with Crippen LogP contribution in [-0.4, -0.2) is 54.0 Å². The Labute approximate surface area is 104 Å². The van der Waals surface area contributed by atoms with Gasteiger partial charge in [-0.15, -0.1) is 0 Å². The third-order valence-electron chi connectivity index (χ3n) is 4.22. The Hall–Kier alpha value is -0.610. The summed E-state index contributed by atoms with van der Waals surface area (Å²) in [5, 5.41) is 0. The summed E-state index contributed by atoms with van der Waals surface area (Å²) in [6, 6.07) is 0.250. The molecule has 98 valence electrons. The van der Waals surface area contributed by atoms with Gasteiger partial charge in [-0.05, 0) is 46.7 Å². The zero-order chi connectivity index (χ0) is 12.6. The van der Waals surface area contributed by atoms with Crippen LogP contribution in [0.4, 0.5) is 0 Å². The van der Waals surface area contributed by atoms with Crippen molar-refractivity contribution in [2.45, 2.75) is 44.7 Å². The largest absolute Gasteiger partial charge is 0.337 e. The van der Waals surface area contributed by atoms with Crippen LogP contribution in [0.1, 0.15) is 33.1 Å². The molecule has 4 nitrogen and oxygen atoms in total. The normalized spacial score (nSPS) is 34.0. The van der Waals surface area contributed by atoms with Crippen molar-refractivity contribution in [1.29, 1.82) is 0 Å². The van der Waals surface area contributed by atoms with Gasteiger partial charge in [-0.2, -0.15) is 0 Å². The highest BCUT2D eigenvalue weighted by atomic mass is 16.2. The van der Waals surface area contributed by atoms with E-state index >= 15 is 0 Å². The van der Waals surface area contributed by atoms with E-state index in [4.69, 9.17) is 5.73 Å². The fraction of sp³-hybridized carbons (Fsp3) is 0.923. The van der Waals surface area contributed by atoms with Crippen LogP contribution in [0.3, 0.4) is 0 Å². The molecule has 2 rings (SSSR count). The first-order valence-corrected chi connectivity index (χ1v) is 6.66. The van der Waals surface area contributed by atoms with Crippen LogP contribution in [0.25, 0.3) is 0 Å². The predicted octanol–water partition coefficient (Wildman–Crippen LogP) is 0.666. The lowest BCUT2D eigenvalue weighted by atomic mass is 9.86. The molecule has 0 saturated carbocycles. The predicted molar refractivity (Wildman–Crippen MR) is 68.6 cm³/mol. The molecule has 4 heteroatoms. The lowest BCUT2D eigenvalue weighted by Gasteiger charge is -2.45. The standard InChI is InChI=1S/C13H25N3O/c1-13(2)8-11(14)5-7-16(13)12(17)10-4-6-15(3)9-10/h10-11H,4-9,14H2,1-3H3. The fourth-order valence-corrected chi connectivity index (χ4v) is 3.22. The van der Waals surface area contributed by atoms with Gasteiger partial charge in [0.05, 0.1) is 5.92 Å². The topological polar surface area (TPSA) is 49.6 Å². The highest BCUT2D eigenvalue weighted by molar-refractivity contribution is 5.80. The van der Waals surface area contributed by atoms with E-state index in [2.05, 4.69) is 30.7 Å². The maximum Gasteiger partial charge on any atom is 0.227 e. The molecule has 1 amide bonds. The molecule has 0 radical (unpaired) electrons. The number of piperidine rings is 1. The first kappa shape index (κ1) is 12.8. The summed E-state index contributed by atoms with van der Waals surface area (Å²) in [5.41, 5.74) is 5.93. The van der Waals surface area contributed by atoms with E-state index in [1.54, 1.807) is 0 Å². The van der Waals surface area contributed by atoms with Crippen molar-refractivity contribution in [2.75, 3.05) is 26.7 Å². The average molecular weight is 239 g/mol. The van der Waals surface area contributed by atoms with Gasteiger partial charge in [0, 0.05) is 24.7 Å². The molecular formula is C13H25N3O. The van der Waals surface area contributed by atoms with Crippen molar-refractivity contribution in [3.63, 3.8) is 0 Å². The maximum absolute atomic E-state index is 12.5. The van der Waals surface area contributed by atoms with Gasteiger partial charge >= 0.3 is 0 Å². The van der Waals surface area contributed by atoms with E-state index in [0.717, 1.165) is 38.9 Å². The summed E-state index contributed by atoms with van der Waals surface area (Å²) in [6.45, 7) is 7.07. The highest BCUT2D eigenvalue weighted by Gasteiger charge is 2.40. The Morgan fingerprint density at radius 1 is 1.29 bits per heavy atom. The van der Waals surface area contributed by atoms with E-state index in [-0.39, 0.29) is 17.5 Å². The number of hydrogen-bond acceptors (Lipinski definition) is 3. The number of nitrogens with two attached hydrogens (primary N) is 1. The zero-order valence-corrected chi connectivity index (χ0v) is 11.3. The van der Waals surface area contributed by atoms with Crippen LogP contribution >= 0.6 is 0 Å². The summed E-state index contributed by atoms with van der Waals surface area (Å²) >= 11 is 0. The number of carbonyl (C=O) groups is 1. The van der Waals surface area contributed by atoms with Gasteiger partial charge in [-0.3, -0.25) is 4.79 Å². The summed E-state index contributed by atoms with van der Waals surface area (Å²) in [7, 11) is 2.09. The highest BCUT2D eigenvalue weighted by Crippen LogP contribution is 2.30. The van der Waals surface area contributed by atoms with Crippen molar-refractivity contribution in [3.05, 3.63) is 0 Å². The number of nitrogens with zero attached hydrogens (tertiary/aromatic N) is 2. The third kappa shape index (κ3) is 2.63. The molecule has 0 bridgehead atoms. The first-order chi connectivity index (χ1) is 7.90. The molecule has 0 aromatic rings. The molecule has 0 spiro atoms. The summed E-state index contributed by atoms with van der Waals surface area (Å²) < 4.78 is 0. The maximum atomic E-state index is 12.5. The van der Waals surface area contributed by atoms with Crippen molar-refractivity contribution in [3.8, 4) is 0 Å². The van der Waals surface area contributed by atoms with E-state index in [1.807, 2.05) is 0 Å². The third-order valence-corrected chi connectivity index (χ3v) is 4.22. The molecule has 0 aromatic heterocycles. The first-order valence-electron chi connectivity index (χ1n) is 6.66. The van der Waals surface area contributed by atoms with Gasteiger partial charge in [0.15, 0.2) is 0 Å². The minimum atomic E-state index is -0.0735. The Bertz CT molecular complexity index is 303. The minimum Gasteiger partial charge on any atom is -0.337 e. The Kier molecular flexibility index (Phi) is 3.46. The van der Waals surface area contributed by atoms with E-state index in [0.29, 0.717) is 5.91 Å². The van der Waals surface area contributed by atoms with E-state index in [1.165, 1.54) is 0 Å². The molecule has 2 unspecified atom stereocenters. The van der Waals surface area contributed by atoms with Crippen molar-refractivity contribution < 1.29 is 4.79 Å². The van der Waals surface area contributed by atoms with Crippen LogP contribution in [0.5, 0.6) is 0 Å². The average Bonchev–Trinajstić information content (AvgIpc) is 2.62. The van der Waals surface area contributed by atoms with Crippen molar-refractivity contribution in [1.82, 2.24) is 9.80 Å². The number of carbonyl (C=O) groups excluding carboxylic acids is 1. The van der Waals surface area contributed by atoms with Crippen LogP contribution in [0.15, 0.2) is 0 Å². The monoisotopic (exact) mass is 239 g/mol. The van der Waals surface area contributed by atoms with Crippen LogP contribution in [0.2, 0.25) is 0 Å². The van der Waals surface area contributed by atoms with Gasteiger partial charge in [-0.25, -0.2) is 0 Å². The minimum absolute atomic E-state index is 0.0735. The molecular weight excluding hydrogens is 214 g/mol. The molecule has 0 aromatic carbocycles. The fourth-order valence-electron chi connectivity index (χ4n) is 3.22. The quantitative estimate of drug-likeness (QED) is 0.731. The number of rotatable bonds is 1. The molecule has 2 fully saturated rings. The Morgan fingerprint density at radius 3 is 2.53 bits per heavy atom. The second-order valence-electron chi connectivity index (χ2n) is 6.30. The lowest BCUT2D eigenvalue weighted by molar-refractivity contribution is -0.142. The molecule has 2 aliphatic heterocycles. The smallest absolute Gasteiger partial charge is 0.227 e. The zero-order valence-electron chi connectivity index (χ0n) is 11.3. The lowest BCUT2D eigenvalue weighted by Crippen LogP contribution is -2.57. The summed E-state index contributed by atoms with van der Waals surface area (Å²) in [4.78, 5) is 16.8. The van der Waals surface area contributed by atoms with Crippen LogP contribution < -0.4 is 5.73 Å². The second-order valence-corrected chi connectivity index (χ2v) is 6.30. The molecule has 2 saturated heterocycles. The second kappa shape index (κ2) is 4.58. The van der Waals surface area contributed by atoms with Crippen molar-refractivity contribution in [2.24, 2.45) is 11.7 Å². The van der Waals surface area contributed by atoms with E-state index < -0.39 is 0 Å². The van der Waals surface area contributed by atoms with Gasteiger partial charge in [-0.1, -0.05) is 0 Å². The van der Waals surface area contributed by atoms with Crippen molar-refractivity contribution >= 4 is 5.91 Å². The molecule has 0 aliphatic carbocycles. The number of hydrogen-bond donors (Lipinski definition) is 1. The van der Waals surface area contributed by atoms with Gasteiger partial charge in [0.2, 0.25) is 5.91 Å². The SMILES string of the molecule is CN1CCC(C(=O)N2CCC(N)CC2(C)C)C1. The Balaban J connectivity index is 2.03. The molecule has 2 heterocycles. The van der Waals surface area contributed by atoms with Gasteiger partial charge in [0.25, 0.3) is 0 Å². The number of amides is 1. The van der Waals surface area contributed by atoms with Crippen LogP contribution in [-0.2, 0) is 4.79 Å². The Morgan fingerprint density at radius 2 is 2.00 bits per heavy atom. The van der Waals surface area contributed by atoms with E-state index in [9.17, 15) is 4.79 Å². The van der Waals surface area contributed by atoms with Gasteiger partial charge in [0.1, 0.15) is 0 Å². The van der Waals surface area contributed by atoms with Crippen LogP contribution in [0, 0.1) is 5.92 Å². The van der Waals surface area contributed by atoms with Gasteiger partial charge < -0.3 is 15.5 Å². The molecule has 2 aliphatic rings. The summed E-state index contributed by atoms with van der Waals surface area (Å²) in [6.07, 6.45) is 2.87. The molecule has 17 heavy (non-hydrogen) atoms.